The molecule has 3 aromatic rings. The Balaban J connectivity index is 1.64. The Morgan fingerprint density at radius 1 is 1.03 bits per heavy atom. The molecule has 1 aliphatic rings. The van der Waals surface area contributed by atoms with Gasteiger partial charge in [0.2, 0.25) is 6.29 Å². The Morgan fingerprint density at radius 3 is 2.44 bits per heavy atom. The SMILES string of the molecule is CCCc1ccc(Cc2[nH]nc3cc(C)cc(OC4O[C@H](CO)[C@@H](O)[C@H](O)[C@H]4O)c23)cc1. The van der Waals surface area contributed by atoms with Gasteiger partial charge in [-0.05, 0) is 42.2 Å². The van der Waals surface area contributed by atoms with E-state index in [1.165, 1.54) is 5.56 Å². The topological polar surface area (TPSA) is 128 Å². The average molecular weight is 443 g/mol. The van der Waals surface area contributed by atoms with Crippen molar-refractivity contribution in [2.45, 2.75) is 63.8 Å². The molecule has 0 aliphatic carbocycles. The first-order chi connectivity index (χ1) is 15.4. The van der Waals surface area contributed by atoms with E-state index in [9.17, 15) is 20.4 Å². The molecule has 4 rings (SSSR count). The van der Waals surface area contributed by atoms with Gasteiger partial charge < -0.3 is 29.9 Å². The predicted molar refractivity (Wildman–Crippen MR) is 118 cm³/mol. The average Bonchev–Trinajstić information content (AvgIpc) is 3.18. The van der Waals surface area contributed by atoms with Crippen molar-refractivity contribution in [2.75, 3.05) is 6.61 Å². The fraction of sp³-hybridized carbons (Fsp3) is 0.458. The first kappa shape index (κ1) is 22.7. The van der Waals surface area contributed by atoms with Crippen molar-refractivity contribution >= 4 is 10.9 Å². The quantitative estimate of drug-likeness (QED) is 0.376. The number of fused-ring (bicyclic) bond motifs is 1. The van der Waals surface area contributed by atoms with E-state index in [4.69, 9.17) is 9.47 Å². The maximum absolute atomic E-state index is 10.4. The number of aliphatic hydroxyl groups is 4. The highest BCUT2D eigenvalue weighted by atomic mass is 16.7. The van der Waals surface area contributed by atoms with E-state index in [-0.39, 0.29) is 0 Å². The predicted octanol–water partition coefficient (Wildman–Crippen LogP) is 1.59. The molecule has 1 fully saturated rings. The Morgan fingerprint density at radius 2 is 1.75 bits per heavy atom. The molecular weight excluding hydrogens is 412 g/mol. The first-order valence-electron chi connectivity index (χ1n) is 10.9. The van der Waals surface area contributed by atoms with Crippen LogP contribution in [0.4, 0.5) is 0 Å². The van der Waals surface area contributed by atoms with Crippen LogP contribution < -0.4 is 4.74 Å². The summed E-state index contributed by atoms with van der Waals surface area (Å²) in [5.41, 5.74) is 4.88. The molecule has 8 nitrogen and oxygen atoms in total. The fourth-order valence-corrected chi connectivity index (χ4v) is 4.14. The van der Waals surface area contributed by atoms with Crippen molar-refractivity contribution in [3.63, 3.8) is 0 Å². The van der Waals surface area contributed by atoms with E-state index in [1.54, 1.807) is 0 Å². The number of H-pyrrole nitrogens is 1. The maximum Gasteiger partial charge on any atom is 0.229 e. The number of aliphatic hydroxyl groups excluding tert-OH is 4. The van der Waals surface area contributed by atoms with Crippen LogP contribution in [0.1, 0.15) is 35.7 Å². The minimum absolute atomic E-state index is 0.440. The number of rotatable bonds is 7. The molecule has 5 atom stereocenters. The summed E-state index contributed by atoms with van der Waals surface area (Å²) in [7, 11) is 0. The number of hydrogen-bond acceptors (Lipinski definition) is 7. The third-order valence-corrected chi connectivity index (χ3v) is 5.87. The highest BCUT2D eigenvalue weighted by molar-refractivity contribution is 5.88. The number of ether oxygens (including phenoxy) is 2. The minimum Gasteiger partial charge on any atom is -0.461 e. The second kappa shape index (κ2) is 9.56. The van der Waals surface area contributed by atoms with Crippen LogP contribution in [0.25, 0.3) is 10.9 Å². The van der Waals surface area contributed by atoms with E-state index < -0.39 is 37.3 Å². The molecule has 0 radical (unpaired) electrons. The van der Waals surface area contributed by atoms with E-state index >= 15 is 0 Å². The number of hydrogen-bond donors (Lipinski definition) is 5. The van der Waals surface area contributed by atoms with Crippen molar-refractivity contribution in [1.29, 1.82) is 0 Å². The number of nitrogens with zero attached hydrogens (tertiary/aromatic N) is 1. The van der Waals surface area contributed by atoms with Crippen LogP contribution in [-0.4, -0.2) is 67.9 Å². The van der Waals surface area contributed by atoms with Crippen molar-refractivity contribution in [3.05, 3.63) is 58.8 Å². The highest BCUT2D eigenvalue weighted by Gasteiger charge is 2.44. The lowest BCUT2D eigenvalue weighted by molar-refractivity contribution is -0.277. The van der Waals surface area contributed by atoms with E-state index in [1.807, 2.05) is 19.1 Å². The molecule has 32 heavy (non-hydrogen) atoms. The second-order valence-electron chi connectivity index (χ2n) is 8.42. The Hall–Kier alpha value is -2.49. The summed E-state index contributed by atoms with van der Waals surface area (Å²) in [4.78, 5) is 0. The van der Waals surface area contributed by atoms with E-state index in [0.717, 1.165) is 35.0 Å². The smallest absolute Gasteiger partial charge is 0.229 e. The lowest BCUT2D eigenvalue weighted by Crippen LogP contribution is -2.60. The van der Waals surface area contributed by atoms with Crippen LogP contribution in [0, 0.1) is 6.92 Å². The Labute approximate surface area is 186 Å². The van der Waals surface area contributed by atoms with Crippen molar-refractivity contribution in [1.82, 2.24) is 10.2 Å². The van der Waals surface area contributed by atoms with Gasteiger partial charge in [-0.3, -0.25) is 5.10 Å². The van der Waals surface area contributed by atoms with E-state index in [0.29, 0.717) is 17.7 Å². The van der Waals surface area contributed by atoms with Crippen LogP contribution in [-0.2, 0) is 17.6 Å². The summed E-state index contributed by atoms with van der Waals surface area (Å²) in [5, 5.41) is 48.2. The molecule has 172 valence electrons. The monoisotopic (exact) mass is 442 g/mol. The van der Waals surface area contributed by atoms with Gasteiger partial charge in [0.15, 0.2) is 0 Å². The van der Waals surface area contributed by atoms with Gasteiger partial charge in [-0.2, -0.15) is 5.10 Å². The Kier molecular flexibility index (Phi) is 6.78. The lowest BCUT2D eigenvalue weighted by Gasteiger charge is -2.39. The summed E-state index contributed by atoms with van der Waals surface area (Å²) in [6.07, 6.45) is -3.96. The largest absolute Gasteiger partial charge is 0.461 e. The van der Waals surface area contributed by atoms with Gasteiger partial charge in [-0.25, -0.2) is 0 Å². The number of aryl methyl sites for hydroxylation is 2. The van der Waals surface area contributed by atoms with Crippen molar-refractivity contribution in [2.24, 2.45) is 0 Å². The molecule has 5 N–H and O–H groups in total. The molecule has 1 aliphatic heterocycles. The summed E-state index contributed by atoms with van der Waals surface area (Å²) < 4.78 is 11.5. The van der Waals surface area contributed by atoms with Gasteiger partial charge in [0.25, 0.3) is 0 Å². The van der Waals surface area contributed by atoms with Crippen LogP contribution in [0.3, 0.4) is 0 Å². The van der Waals surface area contributed by atoms with E-state index in [2.05, 4.69) is 41.4 Å². The zero-order chi connectivity index (χ0) is 22.8. The number of benzene rings is 2. The normalized spacial score (nSPS) is 25.9. The number of aromatic amines is 1. The Bertz CT molecular complexity index is 1050. The van der Waals surface area contributed by atoms with Gasteiger partial charge in [-0.15, -0.1) is 0 Å². The summed E-state index contributed by atoms with van der Waals surface area (Å²) >= 11 is 0. The summed E-state index contributed by atoms with van der Waals surface area (Å²) in [5.74, 6) is 0.440. The zero-order valence-electron chi connectivity index (χ0n) is 18.2. The van der Waals surface area contributed by atoms with Gasteiger partial charge in [0, 0.05) is 6.42 Å². The van der Waals surface area contributed by atoms with Gasteiger partial charge in [0.1, 0.15) is 30.2 Å². The fourth-order valence-electron chi connectivity index (χ4n) is 4.14. The molecule has 0 amide bonds. The van der Waals surface area contributed by atoms with Crippen LogP contribution in [0.15, 0.2) is 36.4 Å². The van der Waals surface area contributed by atoms with Gasteiger partial charge in [0.05, 0.1) is 23.2 Å². The molecule has 8 heteroatoms. The van der Waals surface area contributed by atoms with Crippen LogP contribution in [0.2, 0.25) is 0 Å². The number of nitrogens with one attached hydrogen (secondary N) is 1. The third kappa shape index (κ3) is 4.51. The second-order valence-corrected chi connectivity index (χ2v) is 8.42. The van der Waals surface area contributed by atoms with Gasteiger partial charge >= 0.3 is 0 Å². The molecule has 1 unspecified atom stereocenters. The first-order valence-corrected chi connectivity index (χ1v) is 10.9. The molecule has 1 saturated heterocycles. The standard InChI is InChI=1S/C24H30N2O6/c1-3-4-14-5-7-15(8-6-14)11-17-20-16(25-26-17)9-13(2)10-18(20)31-24-23(30)22(29)21(28)19(12-27)32-24/h5-10,19,21-24,27-30H,3-4,11-12H2,1-2H3,(H,25,26)/t19-,21-,22+,23-,24?/m1/s1. The minimum atomic E-state index is -1.50. The lowest BCUT2D eigenvalue weighted by atomic mass is 9.99. The summed E-state index contributed by atoms with van der Waals surface area (Å²) in [6, 6.07) is 12.2. The molecule has 0 saturated carbocycles. The van der Waals surface area contributed by atoms with Crippen molar-refractivity contribution in [3.8, 4) is 5.75 Å². The summed E-state index contributed by atoms with van der Waals surface area (Å²) in [6.45, 7) is 3.54. The van der Waals surface area contributed by atoms with Gasteiger partial charge in [-0.1, -0.05) is 37.6 Å². The molecule has 2 aromatic carbocycles. The van der Waals surface area contributed by atoms with Crippen LogP contribution in [0.5, 0.6) is 5.75 Å². The highest BCUT2D eigenvalue weighted by Crippen LogP contribution is 2.33. The molecule has 0 bridgehead atoms. The third-order valence-electron chi connectivity index (χ3n) is 5.87. The zero-order valence-corrected chi connectivity index (χ0v) is 18.2. The molecule has 1 aromatic heterocycles. The maximum atomic E-state index is 10.4. The van der Waals surface area contributed by atoms with Crippen molar-refractivity contribution < 1.29 is 29.9 Å². The van der Waals surface area contributed by atoms with Crippen LogP contribution >= 0.6 is 0 Å². The molecule has 0 spiro atoms. The number of aromatic nitrogens is 2. The molecular formula is C24H30N2O6. The molecule has 2 heterocycles.